The van der Waals surface area contributed by atoms with E-state index in [0.717, 1.165) is 12.8 Å². The van der Waals surface area contributed by atoms with E-state index in [0.29, 0.717) is 0 Å². The third-order valence-electron chi connectivity index (χ3n) is 2.12. The highest BCUT2D eigenvalue weighted by atomic mass is 16.3. The molecule has 0 heterocycles. The number of nitrogens with one attached hydrogen (secondary N) is 2. The number of rotatable bonds is 5. The number of aliphatic hydroxyl groups excluding tert-OH is 1. The standard InChI is InChI=1S/C11H24N2O2/c1-6-7-8(12-5)9(14)10(15)13-11(2,3)4/h8-9,12,14H,6-7H2,1-5H3,(H,13,15). The molecule has 0 fully saturated rings. The molecule has 0 bridgehead atoms. The first-order valence-corrected chi connectivity index (χ1v) is 5.49. The Bertz CT molecular complexity index is 199. The fourth-order valence-electron chi connectivity index (χ4n) is 1.40. The van der Waals surface area contributed by atoms with Gasteiger partial charge in [0.15, 0.2) is 0 Å². The molecule has 0 aromatic rings. The Morgan fingerprint density at radius 1 is 1.40 bits per heavy atom. The highest BCUT2D eigenvalue weighted by Crippen LogP contribution is 2.05. The van der Waals surface area contributed by atoms with Crippen LogP contribution in [0.2, 0.25) is 0 Å². The van der Waals surface area contributed by atoms with Crippen LogP contribution in [0.5, 0.6) is 0 Å². The normalized spacial score (nSPS) is 15.9. The van der Waals surface area contributed by atoms with Crippen LogP contribution >= 0.6 is 0 Å². The van der Waals surface area contributed by atoms with Crippen LogP contribution in [-0.4, -0.2) is 35.7 Å². The smallest absolute Gasteiger partial charge is 0.250 e. The Morgan fingerprint density at radius 3 is 2.27 bits per heavy atom. The van der Waals surface area contributed by atoms with E-state index in [2.05, 4.69) is 10.6 Å². The first kappa shape index (κ1) is 14.4. The zero-order valence-electron chi connectivity index (χ0n) is 10.4. The summed E-state index contributed by atoms with van der Waals surface area (Å²) in [5, 5.41) is 15.5. The van der Waals surface area contributed by atoms with E-state index in [9.17, 15) is 9.90 Å². The number of hydrogen-bond donors (Lipinski definition) is 3. The maximum Gasteiger partial charge on any atom is 0.250 e. The maximum atomic E-state index is 11.6. The van der Waals surface area contributed by atoms with E-state index >= 15 is 0 Å². The van der Waals surface area contributed by atoms with Gasteiger partial charge in [-0.15, -0.1) is 0 Å². The van der Waals surface area contributed by atoms with E-state index in [1.54, 1.807) is 7.05 Å². The highest BCUT2D eigenvalue weighted by Gasteiger charge is 2.26. The molecule has 4 nitrogen and oxygen atoms in total. The monoisotopic (exact) mass is 216 g/mol. The average Bonchev–Trinajstić information content (AvgIpc) is 2.10. The molecule has 90 valence electrons. The van der Waals surface area contributed by atoms with Crippen LogP contribution in [0, 0.1) is 0 Å². The van der Waals surface area contributed by atoms with Gasteiger partial charge in [-0.3, -0.25) is 4.79 Å². The van der Waals surface area contributed by atoms with Crippen LogP contribution in [0.4, 0.5) is 0 Å². The molecule has 2 unspecified atom stereocenters. The first-order valence-electron chi connectivity index (χ1n) is 5.49. The van der Waals surface area contributed by atoms with Gasteiger partial charge in [0.1, 0.15) is 6.10 Å². The van der Waals surface area contributed by atoms with Crippen molar-refractivity contribution in [3.8, 4) is 0 Å². The third kappa shape index (κ3) is 5.74. The van der Waals surface area contributed by atoms with E-state index in [1.807, 2.05) is 27.7 Å². The van der Waals surface area contributed by atoms with Crippen molar-refractivity contribution >= 4 is 5.91 Å². The molecule has 0 spiro atoms. The van der Waals surface area contributed by atoms with Crippen molar-refractivity contribution in [3.63, 3.8) is 0 Å². The lowest BCUT2D eigenvalue weighted by atomic mass is 10.0. The topological polar surface area (TPSA) is 61.4 Å². The minimum Gasteiger partial charge on any atom is -0.382 e. The Labute approximate surface area is 92.4 Å². The predicted octanol–water partition coefficient (Wildman–Crippen LogP) is 0.650. The Balaban J connectivity index is 4.28. The lowest BCUT2D eigenvalue weighted by Gasteiger charge is -2.26. The van der Waals surface area contributed by atoms with E-state index < -0.39 is 6.10 Å². The summed E-state index contributed by atoms with van der Waals surface area (Å²) in [7, 11) is 1.76. The molecule has 0 aliphatic carbocycles. The maximum absolute atomic E-state index is 11.6. The van der Waals surface area contributed by atoms with Crippen molar-refractivity contribution in [1.29, 1.82) is 0 Å². The number of hydrogen-bond acceptors (Lipinski definition) is 3. The van der Waals surface area contributed by atoms with Crippen molar-refractivity contribution in [2.24, 2.45) is 0 Å². The number of aliphatic hydroxyl groups is 1. The van der Waals surface area contributed by atoms with Crippen molar-refractivity contribution in [3.05, 3.63) is 0 Å². The second kappa shape index (κ2) is 6.08. The fraction of sp³-hybridized carbons (Fsp3) is 0.909. The predicted molar refractivity (Wildman–Crippen MR) is 61.7 cm³/mol. The van der Waals surface area contributed by atoms with E-state index in [4.69, 9.17) is 0 Å². The van der Waals surface area contributed by atoms with Crippen molar-refractivity contribution in [2.45, 2.75) is 58.2 Å². The minimum atomic E-state index is -0.978. The second-order valence-electron chi connectivity index (χ2n) is 4.87. The SMILES string of the molecule is CCCC(NC)C(O)C(=O)NC(C)(C)C. The fourth-order valence-corrected chi connectivity index (χ4v) is 1.40. The van der Waals surface area contributed by atoms with Gasteiger partial charge in [0, 0.05) is 11.6 Å². The van der Waals surface area contributed by atoms with Gasteiger partial charge >= 0.3 is 0 Å². The molecule has 2 atom stereocenters. The molecule has 0 aromatic carbocycles. The Morgan fingerprint density at radius 2 is 1.93 bits per heavy atom. The van der Waals surface area contributed by atoms with Gasteiger partial charge in [0.2, 0.25) is 0 Å². The molecule has 0 aromatic heterocycles. The molecular formula is C11H24N2O2. The zero-order chi connectivity index (χ0) is 12.1. The summed E-state index contributed by atoms with van der Waals surface area (Å²) in [5.74, 6) is -0.310. The van der Waals surface area contributed by atoms with Crippen LogP contribution in [0.1, 0.15) is 40.5 Å². The summed E-state index contributed by atoms with van der Waals surface area (Å²) in [4.78, 5) is 11.6. The summed E-state index contributed by atoms with van der Waals surface area (Å²) in [6.45, 7) is 7.71. The van der Waals surface area contributed by atoms with Crippen LogP contribution in [0.25, 0.3) is 0 Å². The van der Waals surface area contributed by atoms with Gasteiger partial charge in [0.25, 0.3) is 5.91 Å². The number of amides is 1. The lowest BCUT2D eigenvalue weighted by molar-refractivity contribution is -0.132. The average molecular weight is 216 g/mol. The molecule has 0 rings (SSSR count). The van der Waals surface area contributed by atoms with Gasteiger partial charge < -0.3 is 15.7 Å². The molecule has 0 aliphatic rings. The lowest BCUT2D eigenvalue weighted by Crippen LogP contribution is -2.52. The van der Waals surface area contributed by atoms with Crippen molar-refractivity contribution in [1.82, 2.24) is 10.6 Å². The summed E-state index contributed by atoms with van der Waals surface area (Å²) >= 11 is 0. The van der Waals surface area contributed by atoms with Crippen molar-refractivity contribution in [2.75, 3.05) is 7.05 Å². The largest absolute Gasteiger partial charge is 0.382 e. The molecule has 4 heteroatoms. The van der Waals surface area contributed by atoms with Crippen LogP contribution in [0.15, 0.2) is 0 Å². The quantitative estimate of drug-likeness (QED) is 0.632. The molecular weight excluding hydrogens is 192 g/mol. The summed E-state index contributed by atoms with van der Waals surface area (Å²) in [6.07, 6.45) is 0.745. The van der Waals surface area contributed by atoms with Gasteiger partial charge in [-0.2, -0.15) is 0 Å². The Hall–Kier alpha value is -0.610. The summed E-state index contributed by atoms with van der Waals surface area (Å²) < 4.78 is 0. The molecule has 3 N–H and O–H groups in total. The molecule has 0 aliphatic heterocycles. The number of carbonyl (C=O) groups excluding carboxylic acids is 1. The molecule has 0 saturated carbocycles. The minimum absolute atomic E-state index is 0.169. The second-order valence-corrected chi connectivity index (χ2v) is 4.87. The van der Waals surface area contributed by atoms with Gasteiger partial charge in [-0.1, -0.05) is 13.3 Å². The molecule has 15 heavy (non-hydrogen) atoms. The van der Waals surface area contributed by atoms with Crippen LogP contribution in [0.3, 0.4) is 0 Å². The Kier molecular flexibility index (Phi) is 5.83. The van der Waals surface area contributed by atoms with Gasteiger partial charge in [-0.05, 0) is 34.2 Å². The van der Waals surface area contributed by atoms with E-state index in [-0.39, 0.29) is 17.5 Å². The summed E-state index contributed by atoms with van der Waals surface area (Å²) in [6, 6.07) is -0.169. The van der Waals surface area contributed by atoms with Gasteiger partial charge in [-0.25, -0.2) is 0 Å². The molecule has 0 radical (unpaired) electrons. The van der Waals surface area contributed by atoms with E-state index in [1.165, 1.54) is 0 Å². The third-order valence-corrected chi connectivity index (χ3v) is 2.12. The zero-order valence-corrected chi connectivity index (χ0v) is 10.4. The van der Waals surface area contributed by atoms with Crippen molar-refractivity contribution < 1.29 is 9.90 Å². The summed E-state index contributed by atoms with van der Waals surface area (Å²) in [5.41, 5.74) is -0.303. The number of carbonyl (C=O) groups is 1. The first-order chi connectivity index (χ1) is 6.81. The van der Waals surface area contributed by atoms with Gasteiger partial charge in [0.05, 0.1) is 0 Å². The van der Waals surface area contributed by atoms with Crippen LogP contribution < -0.4 is 10.6 Å². The van der Waals surface area contributed by atoms with Crippen LogP contribution in [-0.2, 0) is 4.79 Å². The molecule has 1 amide bonds. The molecule has 0 saturated heterocycles. The number of likely N-dealkylation sites (N-methyl/N-ethyl adjacent to an activating group) is 1. The highest BCUT2D eigenvalue weighted by molar-refractivity contribution is 5.81.